The average molecular weight is 269 g/mol. The number of nitrogens with one attached hydrogen (secondary N) is 1. The smallest absolute Gasteiger partial charge is 0.125 e. The fraction of sp³-hybridized carbons (Fsp3) is 0.333. The minimum Gasteiger partial charge on any atom is -0.491 e. The zero-order chi connectivity index (χ0) is 14.5. The van der Waals surface area contributed by atoms with E-state index in [1.165, 1.54) is 22.3 Å². The topological polar surface area (TPSA) is 21.3 Å². The third-order valence-electron chi connectivity index (χ3n) is 3.57. The van der Waals surface area contributed by atoms with Crippen LogP contribution in [0.1, 0.15) is 22.3 Å². The Morgan fingerprint density at radius 2 is 1.70 bits per heavy atom. The number of hydrogen-bond acceptors (Lipinski definition) is 2. The van der Waals surface area contributed by atoms with E-state index in [2.05, 4.69) is 69.4 Å². The van der Waals surface area contributed by atoms with Crippen LogP contribution < -0.4 is 10.1 Å². The molecule has 20 heavy (non-hydrogen) atoms. The molecule has 0 aliphatic heterocycles. The Morgan fingerprint density at radius 3 is 2.45 bits per heavy atom. The monoisotopic (exact) mass is 269 g/mol. The van der Waals surface area contributed by atoms with Crippen LogP contribution in [-0.4, -0.2) is 13.2 Å². The van der Waals surface area contributed by atoms with Crippen LogP contribution in [0.3, 0.4) is 0 Å². The van der Waals surface area contributed by atoms with E-state index < -0.39 is 0 Å². The fourth-order valence-corrected chi connectivity index (χ4v) is 2.25. The molecular formula is C18H23NO. The van der Waals surface area contributed by atoms with Crippen LogP contribution in [0.4, 0.5) is 5.69 Å². The number of aryl methyl sites for hydroxylation is 3. The van der Waals surface area contributed by atoms with Crippen molar-refractivity contribution >= 4 is 5.69 Å². The SMILES string of the molecule is Cc1cccc(NCCOc2c(C)ccc(C)c2C)c1. The van der Waals surface area contributed by atoms with E-state index in [9.17, 15) is 0 Å². The Labute approximate surface area is 121 Å². The predicted octanol–water partition coefficient (Wildman–Crippen LogP) is 4.41. The standard InChI is InChI=1S/C18H23NO/c1-13-6-5-7-17(12-13)19-10-11-20-18-15(3)9-8-14(2)16(18)4/h5-9,12,19H,10-11H2,1-4H3. The van der Waals surface area contributed by atoms with Crippen molar-refractivity contribution in [2.45, 2.75) is 27.7 Å². The molecule has 1 N–H and O–H groups in total. The summed E-state index contributed by atoms with van der Waals surface area (Å²) in [5, 5.41) is 3.38. The predicted molar refractivity (Wildman–Crippen MR) is 85.8 cm³/mol. The van der Waals surface area contributed by atoms with Crippen LogP contribution >= 0.6 is 0 Å². The number of anilines is 1. The zero-order valence-electron chi connectivity index (χ0n) is 12.8. The molecular weight excluding hydrogens is 246 g/mol. The Balaban J connectivity index is 1.89. The number of rotatable bonds is 5. The third-order valence-corrected chi connectivity index (χ3v) is 3.57. The van der Waals surface area contributed by atoms with Crippen LogP contribution in [0.2, 0.25) is 0 Å². The lowest BCUT2D eigenvalue weighted by molar-refractivity contribution is 0.328. The molecule has 2 heteroatoms. The van der Waals surface area contributed by atoms with Crippen molar-refractivity contribution in [3.63, 3.8) is 0 Å². The number of hydrogen-bond donors (Lipinski definition) is 1. The van der Waals surface area contributed by atoms with Crippen LogP contribution in [0, 0.1) is 27.7 Å². The minimum absolute atomic E-state index is 0.666. The summed E-state index contributed by atoms with van der Waals surface area (Å²) in [5.74, 6) is 1.02. The molecule has 2 aromatic rings. The second-order valence-corrected chi connectivity index (χ2v) is 5.30. The van der Waals surface area contributed by atoms with Crippen LogP contribution in [0.25, 0.3) is 0 Å². The van der Waals surface area contributed by atoms with Gasteiger partial charge in [0.1, 0.15) is 12.4 Å². The van der Waals surface area contributed by atoms with Gasteiger partial charge in [-0.15, -0.1) is 0 Å². The van der Waals surface area contributed by atoms with Gasteiger partial charge in [0.2, 0.25) is 0 Å². The van der Waals surface area contributed by atoms with E-state index in [0.29, 0.717) is 6.61 Å². The van der Waals surface area contributed by atoms with Crippen LogP contribution in [0.5, 0.6) is 5.75 Å². The summed E-state index contributed by atoms with van der Waals surface area (Å²) in [4.78, 5) is 0. The first-order chi connectivity index (χ1) is 9.58. The summed E-state index contributed by atoms with van der Waals surface area (Å²) < 4.78 is 5.94. The molecule has 0 atom stereocenters. The second-order valence-electron chi connectivity index (χ2n) is 5.30. The Bertz CT molecular complexity index is 590. The van der Waals surface area contributed by atoms with Crippen molar-refractivity contribution in [1.29, 1.82) is 0 Å². The van der Waals surface area contributed by atoms with Gasteiger partial charge in [-0.1, -0.05) is 24.3 Å². The first kappa shape index (κ1) is 14.4. The van der Waals surface area contributed by atoms with E-state index in [4.69, 9.17) is 4.74 Å². The van der Waals surface area contributed by atoms with E-state index >= 15 is 0 Å². The van der Waals surface area contributed by atoms with Gasteiger partial charge in [0.25, 0.3) is 0 Å². The molecule has 0 amide bonds. The molecule has 0 bridgehead atoms. The number of ether oxygens (including phenoxy) is 1. The highest BCUT2D eigenvalue weighted by molar-refractivity contribution is 5.46. The lowest BCUT2D eigenvalue weighted by atomic mass is 10.1. The second kappa shape index (κ2) is 6.47. The molecule has 0 aromatic heterocycles. The maximum Gasteiger partial charge on any atom is 0.125 e. The van der Waals surface area contributed by atoms with Gasteiger partial charge in [-0.25, -0.2) is 0 Å². The molecule has 0 fully saturated rings. The van der Waals surface area contributed by atoms with Gasteiger partial charge >= 0.3 is 0 Å². The van der Waals surface area contributed by atoms with Crippen molar-refractivity contribution in [3.8, 4) is 5.75 Å². The maximum atomic E-state index is 5.94. The summed E-state index contributed by atoms with van der Waals surface area (Å²) in [6.07, 6.45) is 0. The molecule has 2 rings (SSSR count). The molecule has 0 saturated carbocycles. The van der Waals surface area contributed by atoms with Gasteiger partial charge in [-0.2, -0.15) is 0 Å². The maximum absolute atomic E-state index is 5.94. The van der Waals surface area contributed by atoms with Crippen molar-refractivity contribution in [3.05, 3.63) is 58.7 Å². The van der Waals surface area contributed by atoms with Crippen molar-refractivity contribution in [2.75, 3.05) is 18.5 Å². The molecule has 0 aliphatic carbocycles. The molecule has 106 valence electrons. The zero-order valence-corrected chi connectivity index (χ0v) is 12.8. The van der Waals surface area contributed by atoms with Crippen molar-refractivity contribution in [2.24, 2.45) is 0 Å². The van der Waals surface area contributed by atoms with E-state index in [-0.39, 0.29) is 0 Å². The average Bonchev–Trinajstić information content (AvgIpc) is 2.42. The minimum atomic E-state index is 0.666. The molecule has 0 unspecified atom stereocenters. The molecule has 0 spiro atoms. The van der Waals surface area contributed by atoms with Gasteiger partial charge in [0.15, 0.2) is 0 Å². The number of benzene rings is 2. The molecule has 0 heterocycles. The van der Waals surface area contributed by atoms with Gasteiger partial charge in [0, 0.05) is 12.2 Å². The van der Waals surface area contributed by atoms with Crippen LogP contribution in [0.15, 0.2) is 36.4 Å². The summed E-state index contributed by atoms with van der Waals surface area (Å²) in [5.41, 5.74) is 6.12. The highest BCUT2D eigenvalue weighted by atomic mass is 16.5. The fourth-order valence-electron chi connectivity index (χ4n) is 2.25. The molecule has 0 aliphatic rings. The summed E-state index contributed by atoms with van der Waals surface area (Å²) in [6.45, 7) is 9.89. The Hall–Kier alpha value is -1.96. The van der Waals surface area contributed by atoms with Crippen LogP contribution in [-0.2, 0) is 0 Å². The largest absolute Gasteiger partial charge is 0.491 e. The summed E-state index contributed by atoms with van der Waals surface area (Å²) >= 11 is 0. The Morgan fingerprint density at radius 1 is 0.950 bits per heavy atom. The van der Waals surface area contributed by atoms with E-state index in [1.807, 2.05) is 0 Å². The van der Waals surface area contributed by atoms with Gasteiger partial charge in [-0.3, -0.25) is 0 Å². The molecule has 0 saturated heterocycles. The highest BCUT2D eigenvalue weighted by Crippen LogP contribution is 2.25. The molecule has 2 nitrogen and oxygen atoms in total. The lowest BCUT2D eigenvalue weighted by Crippen LogP contribution is -2.12. The van der Waals surface area contributed by atoms with Crippen molar-refractivity contribution < 1.29 is 4.74 Å². The Kier molecular flexibility index (Phi) is 4.67. The summed E-state index contributed by atoms with van der Waals surface area (Å²) in [7, 11) is 0. The first-order valence-electron chi connectivity index (χ1n) is 7.08. The van der Waals surface area contributed by atoms with Crippen molar-refractivity contribution in [1.82, 2.24) is 0 Å². The highest BCUT2D eigenvalue weighted by Gasteiger charge is 2.05. The van der Waals surface area contributed by atoms with E-state index in [0.717, 1.165) is 18.0 Å². The van der Waals surface area contributed by atoms with Gasteiger partial charge in [-0.05, 0) is 62.1 Å². The quantitative estimate of drug-likeness (QED) is 0.812. The molecule has 0 radical (unpaired) electrons. The third kappa shape index (κ3) is 3.53. The van der Waals surface area contributed by atoms with Gasteiger partial charge in [0.05, 0.1) is 0 Å². The van der Waals surface area contributed by atoms with E-state index in [1.54, 1.807) is 0 Å². The first-order valence-corrected chi connectivity index (χ1v) is 7.08. The molecule has 2 aromatic carbocycles. The normalized spacial score (nSPS) is 10.4. The lowest BCUT2D eigenvalue weighted by Gasteiger charge is -2.14. The summed E-state index contributed by atoms with van der Waals surface area (Å²) in [6, 6.07) is 12.6. The van der Waals surface area contributed by atoms with Gasteiger partial charge < -0.3 is 10.1 Å².